The zero-order chi connectivity index (χ0) is 23.2. The van der Waals surface area contributed by atoms with Crippen LogP contribution < -0.4 is 0 Å². The second-order valence-electron chi connectivity index (χ2n) is 11.2. The van der Waals surface area contributed by atoms with Crippen LogP contribution in [0, 0.1) is 31.1 Å². The summed E-state index contributed by atoms with van der Waals surface area (Å²) in [4.78, 5) is 1.57. The molecule has 5 atom stereocenters. The molecule has 1 aromatic carbocycles. The van der Waals surface area contributed by atoms with Gasteiger partial charge < -0.3 is 7.43 Å². The van der Waals surface area contributed by atoms with Gasteiger partial charge in [-0.1, -0.05) is 86.1 Å². The number of fused-ring (bicyclic) bond motifs is 1. The van der Waals surface area contributed by atoms with Crippen molar-refractivity contribution in [3.05, 3.63) is 47.9 Å². The molecular formula is C26H41Cl3STi. The molecule has 3 rings (SSSR count). The zero-order valence-electron chi connectivity index (χ0n) is 21.2. The van der Waals surface area contributed by atoms with E-state index in [1.54, 1.807) is 10.5 Å². The van der Waals surface area contributed by atoms with Crippen LogP contribution in [0.1, 0.15) is 85.9 Å². The van der Waals surface area contributed by atoms with E-state index in [-0.39, 0.29) is 18.3 Å². The zero-order valence-corrected chi connectivity index (χ0v) is 25.8. The van der Waals surface area contributed by atoms with Crippen LogP contribution in [0.3, 0.4) is 0 Å². The Bertz CT molecular complexity index is 754. The fourth-order valence-corrected chi connectivity index (χ4v) is 6.76. The average molecular weight is 540 g/mol. The van der Waals surface area contributed by atoms with Crippen molar-refractivity contribution in [1.82, 2.24) is 0 Å². The number of halogens is 3. The van der Waals surface area contributed by atoms with Crippen LogP contribution in [0.15, 0.2) is 23.8 Å². The Morgan fingerprint density at radius 2 is 1.19 bits per heavy atom. The first-order chi connectivity index (χ1) is 13.6. The van der Waals surface area contributed by atoms with E-state index in [1.165, 1.54) is 16.7 Å². The molecule has 0 bridgehead atoms. The molecule has 0 amide bonds. The van der Waals surface area contributed by atoms with E-state index in [2.05, 4.69) is 99.2 Å². The topological polar surface area (TPSA) is 0 Å². The summed E-state index contributed by atoms with van der Waals surface area (Å²) in [6.07, 6.45) is 0. The van der Waals surface area contributed by atoms with Gasteiger partial charge in [-0.25, -0.2) is 0 Å². The Morgan fingerprint density at radius 3 is 1.55 bits per heavy atom. The van der Waals surface area contributed by atoms with Crippen molar-refractivity contribution in [2.75, 3.05) is 0 Å². The summed E-state index contributed by atoms with van der Waals surface area (Å²) in [7, 11) is 14.9. The fraction of sp³-hybridized carbons (Fsp3) is 0.654. The third-order valence-electron chi connectivity index (χ3n) is 7.14. The number of allylic oxidation sites excluding steroid dienone is 1. The number of rotatable bonds is 1. The van der Waals surface area contributed by atoms with Gasteiger partial charge in [0.1, 0.15) is 0 Å². The van der Waals surface area contributed by atoms with Crippen molar-refractivity contribution in [1.29, 1.82) is 0 Å². The maximum absolute atomic E-state index is 4.97. The Hall–Kier alpha value is 0.894. The summed E-state index contributed by atoms with van der Waals surface area (Å²) in [6, 6.07) is 7.38. The Morgan fingerprint density at radius 1 is 0.774 bits per heavy atom. The summed E-state index contributed by atoms with van der Waals surface area (Å²) >= 11 is 0.260. The quantitative estimate of drug-likeness (QED) is 0.253. The van der Waals surface area contributed by atoms with Crippen LogP contribution in [0.5, 0.6) is 0 Å². The summed E-state index contributed by atoms with van der Waals surface area (Å²) in [5.74, 6) is 3.20. The van der Waals surface area contributed by atoms with E-state index in [0.717, 1.165) is 28.9 Å². The summed E-state index contributed by atoms with van der Waals surface area (Å²) in [6.45, 7) is 23.8. The Kier molecular flexibility index (Phi) is 10.7. The van der Waals surface area contributed by atoms with Crippen LogP contribution in [-0.4, -0.2) is 5.25 Å². The van der Waals surface area contributed by atoms with Gasteiger partial charge in [0.05, 0.1) is 0 Å². The van der Waals surface area contributed by atoms with Gasteiger partial charge in [0.2, 0.25) is 0 Å². The molecule has 1 aromatic rings. The van der Waals surface area contributed by atoms with Crippen LogP contribution in [0.25, 0.3) is 4.91 Å². The minimum atomic E-state index is -1.92. The van der Waals surface area contributed by atoms with Crippen molar-refractivity contribution in [2.45, 2.75) is 85.3 Å². The molecule has 0 aromatic heterocycles. The van der Waals surface area contributed by atoms with Crippen molar-refractivity contribution >= 4 is 44.6 Å². The Labute approximate surface area is 214 Å². The number of thioether (sulfide) groups is 1. The van der Waals surface area contributed by atoms with Crippen LogP contribution in [-0.2, 0) is 25.5 Å². The predicted octanol–water partition coefficient (Wildman–Crippen LogP) is 10.2. The summed E-state index contributed by atoms with van der Waals surface area (Å²) < 4.78 is 0. The fourth-order valence-electron chi connectivity index (χ4n) is 4.85. The average Bonchev–Trinajstić information content (AvgIpc) is 3.04. The van der Waals surface area contributed by atoms with E-state index in [9.17, 15) is 0 Å². The SMILES string of the molecule is CC1=C(c2cc(C(C)(C)C)cc(C(C)(C)C)c2)SC2C(C)C(C)C(C)C12.[CH3-].[Cl][Ti+]([Cl])[Cl]. The standard InChI is InChI=1S/C25H38S.CH3.3ClH.Ti/c1-14-15(2)21-17(4)22(26-23(21)16(14)3)18-11-19(24(5,6)7)13-20(12-18)25(8,9)10;;;;;/h11-16,21,23H,1-10H3;1H3;3*1H;/q;-1;;;;+4/p-3. The van der Waals surface area contributed by atoms with Crippen molar-refractivity contribution in [2.24, 2.45) is 23.7 Å². The van der Waals surface area contributed by atoms with Gasteiger partial charge in [0, 0.05) is 10.2 Å². The molecule has 0 radical (unpaired) electrons. The molecule has 5 unspecified atom stereocenters. The molecule has 1 heterocycles. The van der Waals surface area contributed by atoms with E-state index >= 15 is 0 Å². The van der Waals surface area contributed by atoms with Gasteiger partial charge in [-0.3, -0.25) is 0 Å². The van der Waals surface area contributed by atoms with Crippen molar-refractivity contribution in [3.8, 4) is 0 Å². The summed E-state index contributed by atoms with van der Waals surface area (Å²) in [5, 5.41) is 0.770. The second-order valence-corrected chi connectivity index (χ2v) is 20.1. The maximum atomic E-state index is 4.97. The van der Waals surface area contributed by atoms with Gasteiger partial charge in [-0.05, 0) is 58.1 Å². The molecule has 31 heavy (non-hydrogen) atoms. The van der Waals surface area contributed by atoms with Crippen molar-refractivity contribution in [3.63, 3.8) is 0 Å². The molecule has 1 saturated carbocycles. The molecule has 1 aliphatic heterocycles. The molecule has 5 heteroatoms. The molecule has 2 aliphatic rings. The Balaban J connectivity index is 0.000000885. The molecule has 0 spiro atoms. The molecule has 1 fully saturated rings. The number of benzene rings is 1. The van der Waals surface area contributed by atoms with Crippen LogP contribution >= 0.6 is 39.7 Å². The number of hydrogen-bond donors (Lipinski definition) is 0. The predicted molar refractivity (Wildman–Crippen MR) is 143 cm³/mol. The third-order valence-corrected chi connectivity index (χ3v) is 8.92. The van der Waals surface area contributed by atoms with Gasteiger partial charge >= 0.3 is 42.6 Å². The molecule has 1 aliphatic carbocycles. The van der Waals surface area contributed by atoms with E-state index in [0.29, 0.717) is 0 Å². The van der Waals surface area contributed by atoms with Gasteiger partial charge in [0.25, 0.3) is 0 Å². The third kappa shape index (κ3) is 6.96. The molecule has 0 nitrogen and oxygen atoms in total. The molecular weight excluding hydrogens is 499 g/mol. The van der Waals surface area contributed by atoms with E-state index in [1.807, 2.05) is 0 Å². The van der Waals surface area contributed by atoms with E-state index in [4.69, 9.17) is 27.9 Å². The normalized spacial score (nSPS) is 28.0. The second kappa shape index (κ2) is 11.1. The van der Waals surface area contributed by atoms with Crippen LogP contribution in [0.2, 0.25) is 0 Å². The van der Waals surface area contributed by atoms with E-state index < -0.39 is 14.7 Å². The van der Waals surface area contributed by atoms with Crippen molar-refractivity contribution < 1.29 is 14.7 Å². The first-order valence-electron chi connectivity index (χ1n) is 10.9. The summed E-state index contributed by atoms with van der Waals surface area (Å²) in [5.41, 5.74) is 6.40. The monoisotopic (exact) mass is 538 g/mol. The molecule has 176 valence electrons. The van der Waals surface area contributed by atoms with Gasteiger partial charge in [-0.2, -0.15) is 0 Å². The van der Waals surface area contributed by atoms with Gasteiger partial charge in [0.15, 0.2) is 0 Å². The minimum absolute atomic E-state index is 0. The molecule has 0 saturated heterocycles. The van der Waals surface area contributed by atoms with Crippen LogP contribution in [0.4, 0.5) is 0 Å². The number of hydrogen-bond acceptors (Lipinski definition) is 1. The first-order valence-corrected chi connectivity index (χ1v) is 18.3. The molecule has 0 N–H and O–H groups in total. The first kappa shape index (κ1) is 29.9. The van der Waals surface area contributed by atoms with Gasteiger partial charge in [-0.15, -0.1) is 11.8 Å².